The first-order valence-corrected chi connectivity index (χ1v) is 8.23. The Balaban J connectivity index is 1.44. The van der Waals surface area contributed by atoms with Crippen molar-refractivity contribution in [3.8, 4) is 0 Å². The van der Waals surface area contributed by atoms with Crippen LogP contribution in [0.2, 0.25) is 0 Å². The van der Waals surface area contributed by atoms with Gasteiger partial charge in [-0.05, 0) is 31.2 Å². The smallest absolute Gasteiger partial charge is 0.214 e. The lowest BCUT2D eigenvalue weighted by Crippen LogP contribution is -2.52. The molecule has 0 N–H and O–H groups in total. The van der Waals surface area contributed by atoms with Crippen LogP contribution in [0.1, 0.15) is 12.6 Å². The molecule has 1 aliphatic rings. The maximum atomic E-state index is 13.4. The molecule has 0 aromatic carbocycles. The molecule has 3 aromatic heterocycles. The van der Waals surface area contributed by atoms with E-state index in [4.69, 9.17) is 0 Å². The number of rotatable bonds is 3. The van der Waals surface area contributed by atoms with Gasteiger partial charge in [0.25, 0.3) is 0 Å². The highest BCUT2D eigenvalue weighted by Gasteiger charge is 2.25. The van der Waals surface area contributed by atoms with Gasteiger partial charge < -0.3 is 9.30 Å². The molecule has 3 aromatic rings. The molecule has 5 nitrogen and oxygen atoms in total. The number of piperazine rings is 1. The van der Waals surface area contributed by atoms with Crippen LogP contribution in [0.15, 0.2) is 48.8 Å². The highest BCUT2D eigenvalue weighted by Crippen LogP contribution is 2.19. The summed E-state index contributed by atoms with van der Waals surface area (Å²) in [6.07, 6.45) is 4.10. The van der Waals surface area contributed by atoms with Crippen LogP contribution in [-0.4, -0.2) is 44.9 Å². The van der Waals surface area contributed by atoms with E-state index in [1.807, 2.05) is 34.9 Å². The van der Waals surface area contributed by atoms with Crippen molar-refractivity contribution in [2.24, 2.45) is 0 Å². The molecule has 4 heterocycles. The topological polar surface area (TPSA) is 36.7 Å². The van der Waals surface area contributed by atoms with Crippen molar-refractivity contribution in [3.05, 3.63) is 60.4 Å². The Hall–Kier alpha value is -2.47. The second-order valence-electron chi connectivity index (χ2n) is 6.29. The number of anilines is 1. The molecule has 24 heavy (non-hydrogen) atoms. The van der Waals surface area contributed by atoms with E-state index in [2.05, 4.69) is 32.9 Å². The molecule has 0 bridgehead atoms. The van der Waals surface area contributed by atoms with Crippen LogP contribution >= 0.6 is 0 Å². The highest BCUT2D eigenvalue weighted by molar-refractivity contribution is 5.41. The molecule has 4 rings (SSSR count). The first-order valence-electron chi connectivity index (χ1n) is 8.23. The average Bonchev–Trinajstić information content (AvgIpc) is 2.97. The highest BCUT2D eigenvalue weighted by atomic mass is 19.1. The number of halogens is 1. The number of aromatic nitrogens is 3. The van der Waals surface area contributed by atoms with E-state index in [0.717, 1.165) is 43.3 Å². The number of pyridine rings is 2. The van der Waals surface area contributed by atoms with Gasteiger partial charge in [-0.15, -0.1) is 0 Å². The van der Waals surface area contributed by atoms with Crippen molar-refractivity contribution in [1.29, 1.82) is 0 Å². The van der Waals surface area contributed by atoms with Crippen molar-refractivity contribution >= 4 is 11.5 Å². The van der Waals surface area contributed by atoms with Crippen LogP contribution in [0.5, 0.6) is 0 Å². The van der Waals surface area contributed by atoms with Gasteiger partial charge in [0.05, 0.1) is 5.69 Å². The normalized spacial score (nSPS) is 19.1. The maximum Gasteiger partial charge on any atom is 0.214 e. The number of hydrogen-bond donors (Lipinski definition) is 0. The molecule has 1 aliphatic heterocycles. The Kier molecular flexibility index (Phi) is 3.90. The van der Waals surface area contributed by atoms with Gasteiger partial charge in [0.2, 0.25) is 5.95 Å². The monoisotopic (exact) mass is 325 g/mol. The summed E-state index contributed by atoms with van der Waals surface area (Å²) >= 11 is 0. The lowest BCUT2D eigenvalue weighted by molar-refractivity contribution is 0.218. The molecule has 1 saturated heterocycles. The fraction of sp³-hybridized carbons (Fsp3) is 0.333. The quantitative estimate of drug-likeness (QED) is 0.694. The Morgan fingerprint density at radius 1 is 1.12 bits per heavy atom. The van der Waals surface area contributed by atoms with E-state index >= 15 is 0 Å². The molecule has 0 radical (unpaired) electrons. The fourth-order valence-corrected chi connectivity index (χ4v) is 3.37. The number of imidazole rings is 1. The zero-order valence-corrected chi connectivity index (χ0v) is 13.6. The molecule has 6 heteroatoms. The minimum Gasteiger partial charge on any atom is -0.351 e. The molecule has 1 fully saturated rings. The zero-order chi connectivity index (χ0) is 16.5. The lowest BCUT2D eigenvalue weighted by Gasteiger charge is -2.40. The number of nitrogens with zero attached hydrogens (tertiary/aromatic N) is 5. The summed E-state index contributed by atoms with van der Waals surface area (Å²) in [6.45, 7) is 5.65. The maximum absolute atomic E-state index is 13.4. The second kappa shape index (κ2) is 6.20. The Morgan fingerprint density at radius 3 is 2.83 bits per heavy atom. The van der Waals surface area contributed by atoms with Crippen molar-refractivity contribution in [3.63, 3.8) is 0 Å². The van der Waals surface area contributed by atoms with E-state index in [1.165, 1.54) is 6.07 Å². The standard InChI is InChI=1S/C18H20FN5/c1-14-11-22(9-10-24(14)18-7-4-5-16(19)21-18)12-15-13-23-8-3-2-6-17(23)20-15/h2-8,13-14H,9-12H2,1H3. The van der Waals surface area contributed by atoms with Crippen LogP contribution < -0.4 is 4.90 Å². The minimum atomic E-state index is -0.424. The zero-order valence-electron chi connectivity index (χ0n) is 13.6. The molecular formula is C18H20FN5. The third-order valence-corrected chi connectivity index (χ3v) is 4.51. The van der Waals surface area contributed by atoms with Crippen LogP contribution in [-0.2, 0) is 6.54 Å². The van der Waals surface area contributed by atoms with Crippen molar-refractivity contribution < 1.29 is 4.39 Å². The second-order valence-corrected chi connectivity index (χ2v) is 6.29. The van der Waals surface area contributed by atoms with Gasteiger partial charge in [-0.3, -0.25) is 4.90 Å². The summed E-state index contributed by atoms with van der Waals surface area (Å²) in [6, 6.07) is 11.3. The summed E-state index contributed by atoms with van der Waals surface area (Å²) in [5.74, 6) is 0.293. The largest absolute Gasteiger partial charge is 0.351 e. The summed E-state index contributed by atoms with van der Waals surface area (Å²) in [5.41, 5.74) is 2.05. The van der Waals surface area contributed by atoms with Crippen molar-refractivity contribution in [1.82, 2.24) is 19.3 Å². The lowest BCUT2D eigenvalue weighted by atomic mass is 10.2. The molecule has 1 unspecified atom stereocenters. The van der Waals surface area contributed by atoms with Crippen LogP contribution in [0, 0.1) is 5.95 Å². The predicted molar refractivity (Wildman–Crippen MR) is 91.5 cm³/mol. The van der Waals surface area contributed by atoms with Gasteiger partial charge in [0.15, 0.2) is 0 Å². The first-order chi connectivity index (χ1) is 11.7. The predicted octanol–water partition coefficient (Wildman–Crippen LogP) is 2.58. The average molecular weight is 325 g/mol. The van der Waals surface area contributed by atoms with Gasteiger partial charge >= 0.3 is 0 Å². The number of fused-ring (bicyclic) bond motifs is 1. The van der Waals surface area contributed by atoms with Gasteiger partial charge in [0.1, 0.15) is 11.5 Å². The SMILES string of the molecule is CC1CN(Cc2cn3ccccc3n2)CCN1c1cccc(F)n1. The molecule has 1 atom stereocenters. The summed E-state index contributed by atoms with van der Waals surface area (Å²) in [4.78, 5) is 13.2. The van der Waals surface area contributed by atoms with Crippen molar-refractivity contribution in [2.45, 2.75) is 19.5 Å². The third-order valence-electron chi connectivity index (χ3n) is 4.51. The van der Waals surface area contributed by atoms with E-state index in [0.29, 0.717) is 0 Å². The Labute approximate surface area is 140 Å². The number of hydrogen-bond acceptors (Lipinski definition) is 4. The fourth-order valence-electron chi connectivity index (χ4n) is 3.37. The molecular weight excluding hydrogens is 305 g/mol. The van der Waals surface area contributed by atoms with E-state index in [-0.39, 0.29) is 6.04 Å². The molecule has 0 amide bonds. The minimum absolute atomic E-state index is 0.282. The van der Waals surface area contributed by atoms with Gasteiger partial charge in [-0.2, -0.15) is 4.39 Å². The van der Waals surface area contributed by atoms with Crippen molar-refractivity contribution in [2.75, 3.05) is 24.5 Å². The van der Waals surface area contributed by atoms with Crippen LogP contribution in [0.25, 0.3) is 5.65 Å². The third kappa shape index (κ3) is 2.97. The molecule has 0 saturated carbocycles. The van der Waals surface area contributed by atoms with E-state index in [1.54, 1.807) is 6.07 Å². The molecule has 124 valence electrons. The van der Waals surface area contributed by atoms with Crippen LogP contribution in [0.3, 0.4) is 0 Å². The van der Waals surface area contributed by atoms with Crippen LogP contribution in [0.4, 0.5) is 10.2 Å². The summed E-state index contributed by atoms with van der Waals surface area (Å²) in [7, 11) is 0. The van der Waals surface area contributed by atoms with E-state index < -0.39 is 5.95 Å². The Morgan fingerprint density at radius 2 is 2.04 bits per heavy atom. The van der Waals surface area contributed by atoms with Gasteiger partial charge in [-0.25, -0.2) is 9.97 Å². The molecule has 0 aliphatic carbocycles. The molecule has 0 spiro atoms. The Bertz CT molecular complexity index is 813. The van der Waals surface area contributed by atoms with E-state index in [9.17, 15) is 4.39 Å². The first kappa shape index (κ1) is 15.1. The van der Waals surface area contributed by atoms with Gasteiger partial charge in [-0.1, -0.05) is 12.1 Å². The summed E-state index contributed by atoms with van der Waals surface area (Å²) < 4.78 is 15.4. The van der Waals surface area contributed by atoms with Gasteiger partial charge in [0, 0.05) is 44.6 Å². The summed E-state index contributed by atoms with van der Waals surface area (Å²) in [5, 5.41) is 0.